The Hall–Kier alpha value is -4.71. The van der Waals surface area contributed by atoms with E-state index in [-0.39, 0.29) is 16.5 Å². The van der Waals surface area contributed by atoms with E-state index < -0.39 is 33.3 Å². The van der Waals surface area contributed by atoms with Gasteiger partial charge in [-0.2, -0.15) is 17.6 Å². The van der Waals surface area contributed by atoms with Gasteiger partial charge in [-0.1, -0.05) is 24.3 Å². The molecule has 1 N–H and O–H groups in total. The van der Waals surface area contributed by atoms with Gasteiger partial charge in [0.15, 0.2) is 0 Å². The summed E-state index contributed by atoms with van der Waals surface area (Å²) in [7, 11) is -2.78. The highest BCUT2D eigenvalue weighted by Crippen LogP contribution is 2.35. The molecule has 0 aliphatic heterocycles. The van der Waals surface area contributed by atoms with Gasteiger partial charge >= 0.3 is 6.18 Å². The van der Waals surface area contributed by atoms with Crippen LogP contribution in [-0.2, 0) is 16.2 Å². The predicted octanol–water partition coefficient (Wildman–Crippen LogP) is 6.02. The summed E-state index contributed by atoms with van der Waals surface area (Å²) < 4.78 is 87.9. The van der Waals surface area contributed by atoms with E-state index in [1.165, 1.54) is 78.4 Å². The minimum absolute atomic E-state index is 0.150. The van der Waals surface area contributed by atoms with Crippen molar-refractivity contribution in [2.45, 2.75) is 11.1 Å². The summed E-state index contributed by atoms with van der Waals surface area (Å²) in [5, 5.41) is 0.388. The van der Waals surface area contributed by atoms with Crippen LogP contribution in [0.25, 0.3) is 27.7 Å². The normalized spacial score (nSPS) is 11.9. The number of anilines is 1. The molecule has 204 valence electrons. The average molecular weight is 570 g/mol. The average Bonchev–Trinajstić information content (AvgIpc) is 2.92. The highest BCUT2D eigenvalue weighted by atomic mass is 32.2. The van der Waals surface area contributed by atoms with Gasteiger partial charge in [0, 0.05) is 11.5 Å². The van der Waals surface area contributed by atoms with Crippen molar-refractivity contribution in [3.63, 3.8) is 0 Å². The van der Waals surface area contributed by atoms with E-state index >= 15 is 0 Å². The first-order chi connectivity index (χ1) is 19.0. The van der Waals surface area contributed by atoms with Crippen LogP contribution in [0.3, 0.4) is 0 Å². The van der Waals surface area contributed by atoms with Gasteiger partial charge in [0.25, 0.3) is 15.6 Å². The lowest BCUT2D eigenvalue weighted by atomic mass is 10.0. The Bertz CT molecular complexity index is 1920. The van der Waals surface area contributed by atoms with Crippen LogP contribution in [0.2, 0.25) is 0 Å². The molecule has 0 bridgehead atoms. The van der Waals surface area contributed by atoms with Gasteiger partial charge in [-0.05, 0) is 71.8 Å². The van der Waals surface area contributed by atoms with Crippen molar-refractivity contribution in [3.05, 3.63) is 113 Å². The third-order valence-corrected chi connectivity index (χ3v) is 7.43. The topological polar surface area (TPSA) is 90.3 Å². The molecule has 2 aromatic heterocycles. The predicted molar refractivity (Wildman–Crippen MR) is 142 cm³/mol. The molecule has 0 radical (unpaired) electrons. The Morgan fingerprint density at radius 3 is 2.35 bits per heavy atom. The zero-order valence-corrected chi connectivity index (χ0v) is 21.4. The molecule has 0 atom stereocenters. The Morgan fingerprint density at radius 1 is 0.875 bits per heavy atom. The number of benzene rings is 3. The number of hydrogen-bond acceptors (Lipinski definition) is 5. The molecule has 5 aromatic rings. The van der Waals surface area contributed by atoms with Crippen molar-refractivity contribution in [2.75, 3.05) is 11.8 Å². The van der Waals surface area contributed by atoms with Gasteiger partial charge in [0.1, 0.15) is 11.6 Å². The van der Waals surface area contributed by atoms with Crippen molar-refractivity contribution >= 4 is 26.7 Å². The molecule has 0 amide bonds. The summed E-state index contributed by atoms with van der Waals surface area (Å²) in [5.41, 5.74) is 0.138. The number of hydrogen-bond donors (Lipinski definition) is 1. The number of rotatable bonds is 6. The van der Waals surface area contributed by atoms with E-state index in [2.05, 4.69) is 9.71 Å². The summed E-state index contributed by atoms with van der Waals surface area (Å²) in [6.45, 7) is 0. The van der Waals surface area contributed by atoms with Gasteiger partial charge in [-0.15, -0.1) is 0 Å². The largest absolute Gasteiger partial charge is 0.495 e. The number of fused-ring (bicyclic) bond motifs is 1. The second-order valence-electron chi connectivity index (χ2n) is 8.64. The lowest BCUT2D eigenvalue weighted by Crippen LogP contribution is -2.19. The van der Waals surface area contributed by atoms with Gasteiger partial charge in [-0.25, -0.2) is 13.4 Å². The summed E-state index contributed by atoms with van der Waals surface area (Å²) >= 11 is 0. The minimum Gasteiger partial charge on any atom is -0.495 e. The maximum absolute atomic E-state index is 13.4. The van der Waals surface area contributed by atoms with Crippen molar-refractivity contribution in [2.24, 2.45) is 0 Å². The second kappa shape index (κ2) is 10.1. The van der Waals surface area contributed by atoms with Crippen LogP contribution in [0.5, 0.6) is 5.75 Å². The van der Waals surface area contributed by atoms with Crippen molar-refractivity contribution in [1.29, 1.82) is 0 Å². The summed E-state index contributed by atoms with van der Waals surface area (Å²) in [6.07, 6.45) is -4.51. The van der Waals surface area contributed by atoms with Gasteiger partial charge < -0.3 is 4.74 Å². The van der Waals surface area contributed by atoms with E-state index in [4.69, 9.17) is 4.74 Å². The Morgan fingerprint density at radius 2 is 1.62 bits per heavy atom. The molecule has 0 saturated carbocycles. The number of nitrogens with one attached hydrogen (secondary N) is 1. The molecule has 0 unspecified atom stereocenters. The number of alkyl halides is 3. The third kappa shape index (κ3) is 5.25. The first-order valence-electron chi connectivity index (χ1n) is 11.6. The highest BCUT2D eigenvalue weighted by Gasteiger charge is 2.30. The van der Waals surface area contributed by atoms with Crippen LogP contribution in [-0.4, -0.2) is 25.1 Å². The van der Waals surface area contributed by atoms with Crippen LogP contribution in [0, 0.1) is 5.95 Å². The summed E-state index contributed by atoms with van der Waals surface area (Å²) in [4.78, 5) is 16.3. The number of ether oxygens (including phenoxy) is 1. The number of sulfonamides is 1. The van der Waals surface area contributed by atoms with Gasteiger partial charge in [0.05, 0.1) is 28.8 Å². The Labute approximate surface area is 225 Å². The molecule has 0 aliphatic rings. The van der Waals surface area contributed by atoms with Gasteiger partial charge in [0.2, 0.25) is 5.95 Å². The van der Waals surface area contributed by atoms with Crippen molar-refractivity contribution < 1.29 is 30.7 Å². The first kappa shape index (κ1) is 26.9. The fourth-order valence-corrected chi connectivity index (χ4v) is 5.25. The van der Waals surface area contributed by atoms with E-state index in [1.54, 1.807) is 6.07 Å². The molecule has 0 saturated heterocycles. The number of halogens is 4. The number of pyridine rings is 2. The fourth-order valence-electron chi connectivity index (χ4n) is 4.22. The van der Waals surface area contributed by atoms with Crippen molar-refractivity contribution in [3.8, 4) is 22.6 Å². The number of nitrogens with zero attached hydrogens (tertiary/aromatic N) is 2. The van der Waals surface area contributed by atoms with Crippen LogP contribution in [0.4, 0.5) is 23.4 Å². The smallest absolute Gasteiger partial charge is 0.416 e. The Kier molecular flexibility index (Phi) is 6.80. The number of methoxy groups -OCH3 is 1. The molecule has 3 aromatic carbocycles. The zero-order chi connectivity index (χ0) is 28.7. The van der Waals surface area contributed by atoms with Crippen LogP contribution in [0.15, 0.2) is 101 Å². The molecular formula is C28H19F4N3O4S. The summed E-state index contributed by atoms with van der Waals surface area (Å²) in [5.74, 6) is -0.841. The molecule has 7 nitrogen and oxygen atoms in total. The van der Waals surface area contributed by atoms with Crippen LogP contribution < -0.4 is 15.0 Å². The molecule has 40 heavy (non-hydrogen) atoms. The first-order valence-corrected chi connectivity index (χ1v) is 13.1. The molecule has 5 rings (SSSR count). The summed E-state index contributed by atoms with van der Waals surface area (Å²) in [6, 6.07) is 19.9. The van der Waals surface area contributed by atoms with E-state index in [0.29, 0.717) is 27.7 Å². The van der Waals surface area contributed by atoms with Crippen molar-refractivity contribution in [1.82, 2.24) is 9.55 Å². The molecule has 0 spiro atoms. The second-order valence-corrected chi connectivity index (χ2v) is 10.3. The highest BCUT2D eigenvalue weighted by molar-refractivity contribution is 7.92. The number of aromatic nitrogens is 2. The van der Waals surface area contributed by atoms with Crippen LogP contribution >= 0.6 is 0 Å². The molecule has 12 heteroatoms. The third-order valence-electron chi connectivity index (χ3n) is 6.07. The zero-order valence-electron chi connectivity index (χ0n) is 20.6. The lowest BCUT2D eigenvalue weighted by molar-refractivity contribution is -0.137. The fraction of sp³-hybridized carbons (Fsp3) is 0.0714. The van der Waals surface area contributed by atoms with E-state index in [1.807, 2.05) is 0 Å². The monoisotopic (exact) mass is 569 g/mol. The standard InChI is InChI=1S/C28H19F4N3O4S/c1-39-24-16-18(17-4-2-5-20(14-17)28(30,31)32)8-11-23(24)35-22-12-10-21(15-19(22)9-13-27(35)36)40(37,38)34-26-7-3-6-25(29)33-26/h2-16H,1H3,(H,33,34). The van der Waals surface area contributed by atoms with E-state index in [9.17, 15) is 30.8 Å². The molecule has 0 aliphatic carbocycles. The minimum atomic E-state index is -4.51. The molecule has 2 heterocycles. The van der Waals surface area contributed by atoms with Gasteiger partial charge in [-0.3, -0.25) is 14.1 Å². The lowest BCUT2D eigenvalue weighted by Gasteiger charge is -2.16. The SMILES string of the molecule is COc1cc(-c2cccc(C(F)(F)F)c2)ccc1-n1c(=O)ccc2cc(S(=O)(=O)Nc3cccc(F)n3)ccc21. The maximum Gasteiger partial charge on any atom is 0.416 e. The quantitative estimate of drug-likeness (QED) is 0.200. The maximum atomic E-state index is 13.4. The Balaban J connectivity index is 1.57. The van der Waals surface area contributed by atoms with E-state index in [0.717, 1.165) is 18.2 Å². The molecular weight excluding hydrogens is 550 g/mol. The molecule has 0 fully saturated rings. The van der Waals surface area contributed by atoms with Crippen LogP contribution in [0.1, 0.15) is 5.56 Å².